The van der Waals surface area contributed by atoms with E-state index in [9.17, 15) is 5.11 Å². The van der Waals surface area contributed by atoms with Crippen LogP contribution in [0.2, 0.25) is 0 Å². The molecule has 0 saturated heterocycles. The van der Waals surface area contributed by atoms with Crippen LogP contribution in [0.4, 0.5) is 0 Å². The third-order valence-corrected chi connectivity index (χ3v) is 4.36. The molecular formula is C11H23NOS. The van der Waals surface area contributed by atoms with Gasteiger partial charge in [0, 0.05) is 17.3 Å². The molecule has 0 aliphatic heterocycles. The van der Waals surface area contributed by atoms with Crippen molar-refractivity contribution in [2.75, 3.05) is 6.26 Å². The van der Waals surface area contributed by atoms with E-state index in [1.807, 2.05) is 25.6 Å². The Hall–Kier alpha value is 0.270. The van der Waals surface area contributed by atoms with Gasteiger partial charge in [-0.1, -0.05) is 0 Å². The van der Waals surface area contributed by atoms with Gasteiger partial charge >= 0.3 is 0 Å². The molecule has 0 bridgehead atoms. The second kappa shape index (κ2) is 4.86. The Balaban J connectivity index is 2.32. The van der Waals surface area contributed by atoms with E-state index < -0.39 is 5.60 Å². The predicted molar refractivity (Wildman–Crippen MR) is 63.8 cm³/mol. The normalized spacial score (nSPS) is 30.6. The molecule has 0 amide bonds. The molecule has 0 aromatic rings. The summed E-state index contributed by atoms with van der Waals surface area (Å²) in [6, 6.07) is 0.780. The van der Waals surface area contributed by atoms with Crippen molar-refractivity contribution < 1.29 is 5.11 Å². The highest BCUT2D eigenvalue weighted by molar-refractivity contribution is 7.99. The summed E-state index contributed by atoms with van der Waals surface area (Å²) in [5, 5.41) is 14.1. The van der Waals surface area contributed by atoms with Crippen LogP contribution >= 0.6 is 11.8 Å². The second-order valence-electron chi connectivity index (χ2n) is 4.91. The smallest absolute Gasteiger partial charge is 0.0741 e. The maximum absolute atomic E-state index is 9.80. The maximum Gasteiger partial charge on any atom is 0.0741 e. The van der Waals surface area contributed by atoms with Crippen LogP contribution in [0.3, 0.4) is 0 Å². The molecule has 3 heteroatoms. The molecule has 0 heterocycles. The van der Waals surface area contributed by atoms with Gasteiger partial charge in [-0.15, -0.1) is 0 Å². The van der Waals surface area contributed by atoms with Gasteiger partial charge in [-0.2, -0.15) is 11.8 Å². The Morgan fingerprint density at radius 3 is 2.50 bits per heavy atom. The highest BCUT2D eigenvalue weighted by atomic mass is 32.2. The van der Waals surface area contributed by atoms with Crippen molar-refractivity contribution in [3.8, 4) is 0 Å². The summed E-state index contributed by atoms with van der Waals surface area (Å²) in [7, 11) is 0. The van der Waals surface area contributed by atoms with Crippen molar-refractivity contribution in [2.24, 2.45) is 0 Å². The molecule has 1 aliphatic carbocycles. The SMILES string of the molecule is CSC1CCC(NC(C)C(C)(C)O)C1. The molecule has 2 nitrogen and oxygen atoms in total. The second-order valence-corrected chi connectivity index (χ2v) is 6.05. The summed E-state index contributed by atoms with van der Waals surface area (Å²) in [5.74, 6) is 0. The molecule has 2 N–H and O–H groups in total. The first-order valence-electron chi connectivity index (χ1n) is 5.44. The third-order valence-electron chi connectivity index (χ3n) is 3.26. The molecule has 1 aliphatic rings. The van der Waals surface area contributed by atoms with Crippen LogP contribution in [-0.4, -0.2) is 34.3 Å². The van der Waals surface area contributed by atoms with Gasteiger partial charge in [-0.25, -0.2) is 0 Å². The fourth-order valence-electron chi connectivity index (χ4n) is 1.86. The molecule has 3 atom stereocenters. The minimum Gasteiger partial charge on any atom is -0.389 e. The van der Waals surface area contributed by atoms with Crippen LogP contribution in [0.1, 0.15) is 40.0 Å². The fraction of sp³-hybridized carbons (Fsp3) is 1.00. The molecular weight excluding hydrogens is 194 g/mol. The van der Waals surface area contributed by atoms with Gasteiger partial charge in [0.2, 0.25) is 0 Å². The van der Waals surface area contributed by atoms with Gasteiger partial charge in [0.15, 0.2) is 0 Å². The number of aliphatic hydroxyl groups is 1. The fourth-order valence-corrected chi connectivity index (χ4v) is 2.66. The molecule has 1 fully saturated rings. The van der Waals surface area contributed by atoms with Gasteiger partial charge < -0.3 is 10.4 Å². The Labute approximate surface area is 91.9 Å². The van der Waals surface area contributed by atoms with Crippen molar-refractivity contribution in [1.29, 1.82) is 0 Å². The van der Waals surface area contributed by atoms with Crippen LogP contribution in [0.5, 0.6) is 0 Å². The van der Waals surface area contributed by atoms with Gasteiger partial charge in [0.05, 0.1) is 5.60 Å². The first kappa shape index (κ1) is 12.3. The van der Waals surface area contributed by atoms with Crippen molar-refractivity contribution in [3.63, 3.8) is 0 Å². The zero-order valence-electron chi connectivity index (χ0n) is 9.71. The van der Waals surface area contributed by atoms with E-state index in [0.717, 1.165) is 5.25 Å². The quantitative estimate of drug-likeness (QED) is 0.755. The number of hydrogen-bond acceptors (Lipinski definition) is 3. The number of hydrogen-bond donors (Lipinski definition) is 2. The Morgan fingerprint density at radius 2 is 2.07 bits per heavy atom. The average molecular weight is 217 g/mol. The first-order chi connectivity index (χ1) is 6.43. The summed E-state index contributed by atoms with van der Waals surface area (Å²) >= 11 is 1.97. The third kappa shape index (κ3) is 3.44. The van der Waals surface area contributed by atoms with E-state index in [2.05, 4.69) is 18.5 Å². The molecule has 0 aromatic heterocycles. The van der Waals surface area contributed by atoms with Gasteiger partial charge in [-0.3, -0.25) is 0 Å². The van der Waals surface area contributed by atoms with E-state index in [1.54, 1.807) is 0 Å². The topological polar surface area (TPSA) is 32.3 Å². The standard InChI is InChI=1S/C11H23NOS/c1-8(11(2,3)13)12-9-5-6-10(7-9)14-4/h8-10,12-13H,5-7H2,1-4H3. The van der Waals surface area contributed by atoms with Crippen molar-refractivity contribution in [2.45, 2.75) is 63.0 Å². The van der Waals surface area contributed by atoms with Crippen LogP contribution in [0.25, 0.3) is 0 Å². The van der Waals surface area contributed by atoms with E-state index in [4.69, 9.17) is 0 Å². The Kier molecular flexibility index (Phi) is 4.29. The van der Waals surface area contributed by atoms with Crippen LogP contribution < -0.4 is 5.32 Å². The van der Waals surface area contributed by atoms with Crippen LogP contribution in [-0.2, 0) is 0 Å². The van der Waals surface area contributed by atoms with Crippen LogP contribution in [0, 0.1) is 0 Å². The van der Waals surface area contributed by atoms with E-state index >= 15 is 0 Å². The molecule has 0 radical (unpaired) electrons. The lowest BCUT2D eigenvalue weighted by Gasteiger charge is -2.29. The molecule has 84 valence electrons. The Morgan fingerprint density at radius 1 is 1.43 bits per heavy atom. The molecule has 1 saturated carbocycles. The van der Waals surface area contributed by atoms with E-state index in [1.165, 1.54) is 19.3 Å². The summed E-state index contributed by atoms with van der Waals surface area (Å²) in [6.45, 7) is 5.80. The van der Waals surface area contributed by atoms with Crippen molar-refractivity contribution in [3.05, 3.63) is 0 Å². The van der Waals surface area contributed by atoms with E-state index in [0.29, 0.717) is 6.04 Å². The minimum atomic E-state index is -0.614. The summed E-state index contributed by atoms with van der Waals surface area (Å²) in [5.41, 5.74) is -0.614. The molecule has 0 spiro atoms. The monoisotopic (exact) mass is 217 g/mol. The zero-order valence-corrected chi connectivity index (χ0v) is 10.5. The van der Waals surface area contributed by atoms with Gasteiger partial charge in [0.25, 0.3) is 0 Å². The highest BCUT2D eigenvalue weighted by Crippen LogP contribution is 2.28. The highest BCUT2D eigenvalue weighted by Gasteiger charge is 2.29. The molecule has 1 rings (SSSR count). The number of rotatable bonds is 4. The summed E-state index contributed by atoms with van der Waals surface area (Å²) < 4.78 is 0. The van der Waals surface area contributed by atoms with Crippen LogP contribution in [0.15, 0.2) is 0 Å². The number of nitrogens with one attached hydrogen (secondary N) is 1. The maximum atomic E-state index is 9.80. The van der Waals surface area contributed by atoms with Crippen molar-refractivity contribution in [1.82, 2.24) is 5.32 Å². The minimum absolute atomic E-state index is 0.174. The lowest BCUT2D eigenvalue weighted by molar-refractivity contribution is 0.0401. The lowest BCUT2D eigenvalue weighted by atomic mass is 10.00. The van der Waals surface area contributed by atoms with Crippen molar-refractivity contribution >= 4 is 11.8 Å². The first-order valence-corrected chi connectivity index (χ1v) is 6.73. The number of thioether (sulfide) groups is 1. The summed E-state index contributed by atoms with van der Waals surface area (Å²) in [4.78, 5) is 0. The van der Waals surface area contributed by atoms with Gasteiger partial charge in [0.1, 0.15) is 0 Å². The summed E-state index contributed by atoms with van der Waals surface area (Å²) in [6.07, 6.45) is 6.01. The van der Waals surface area contributed by atoms with E-state index in [-0.39, 0.29) is 6.04 Å². The molecule has 0 aromatic carbocycles. The largest absolute Gasteiger partial charge is 0.389 e. The molecule has 14 heavy (non-hydrogen) atoms. The molecule has 3 unspecified atom stereocenters. The predicted octanol–water partition coefficient (Wildman–Crippen LogP) is 2.02. The zero-order chi connectivity index (χ0) is 10.8. The Bertz CT molecular complexity index is 179. The van der Waals surface area contributed by atoms with Gasteiger partial charge in [-0.05, 0) is 46.3 Å². The lowest BCUT2D eigenvalue weighted by Crippen LogP contribution is -2.48. The average Bonchev–Trinajstić information content (AvgIpc) is 2.50.